The summed E-state index contributed by atoms with van der Waals surface area (Å²) >= 11 is 0. The Morgan fingerprint density at radius 3 is 2.55 bits per heavy atom. The lowest BCUT2D eigenvalue weighted by Crippen LogP contribution is -2.38. The summed E-state index contributed by atoms with van der Waals surface area (Å²) in [5.74, 6) is 0.818. The van der Waals surface area contributed by atoms with E-state index in [0.717, 1.165) is 37.7 Å². The van der Waals surface area contributed by atoms with Crippen molar-refractivity contribution in [2.45, 2.75) is 26.4 Å². The van der Waals surface area contributed by atoms with Gasteiger partial charge in [-0.25, -0.2) is 9.98 Å². The molecule has 6 heteroatoms. The first-order valence-corrected chi connectivity index (χ1v) is 11.4. The van der Waals surface area contributed by atoms with Crippen LogP contribution in [0.3, 0.4) is 0 Å². The Balaban J connectivity index is 1.42. The normalized spacial score (nSPS) is 11.4. The van der Waals surface area contributed by atoms with E-state index < -0.39 is 0 Å². The van der Waals surface area contributed by atoms with Crippen LogP contribution in [0.1, 0.15) is 23.7 Å². The molecule has 0 aliphatic rings. The number of aromatic nitrogens is 3. The van der Waals surface area contributed by atoms with Crippen LogP contribution >= 0.6 is 0 Å². The molecule has 2 heterocycles. The van der Waals surface area contributed by atoms with Crippen molar-refractivity contribution in [2.24, 2.45) is 4.99 Å². The van der Waals surface area contributed by atoms with Crippen LogP contribution in [0.2, 0.25) is 0 Å². The lowest BCUT2D eigenvalue weighted by Gasteiger charge is -2.13. The van der Waals surface area contributed by atoms with Crippen molar-refractivity contribution in [3.8, 4) is 11.1 Å². The van der Waals surface area contributed by atoms with Gasteiger partial charge in [-0.15, -0.1) is 0 Å². The molecule has 4 rings (SSSR count). The molecule has 2 aromatic carbocycles. The van der Waals surface area contributed by atoms with Crippen molar-refractivity contribution in [3.63, 3.8) is 0 Å². The number of nitrogens with one attached hydrogen (secondary N) is 2. The maximum atomic E-state index is 4.83. The molecular formula is C27H30N6. The lowest BCUT2D eigenvalue weighted by molar-refractivity contribution is 0.788. The van der Waals surface area contributed by atoms with Gasteiger partial charge in [-0.3, -0.25) is 4.98 Å². The Morgan fingerprint density at radius 1 is 0.939 bits per heavy atom. The van der Waals surface area contributed by atoms with Crippen LogP contribution in [0, 0.1) is 0 Å². The van der Waals surface area contributed by atoms with E-state index in [1.54, 1.807) is 6.20 Å². The highest BCUT2D eigenvalue weighted by Gasteiger charge is 2.06. The molecular weight excluding hydrogens is 408 g/mol. The van der Waals surface area contributed by atoms with Gasteiger partial charge in [0, 0.05) is 50.3 Å². The molecule has 168 valence electrons. The molecule has 0 saturated carbocycles. The standard InChI is InChI=1S/C27H30N6/c1-2-29-27(31-16-14-25-8-5-6-15-30-25)32-19-24-7-3-4-9-26(24)23-12-10-22(11-13-23)20-33-18-17-28-21-33/h3-13,15,17-18,21H,2,14,16,19-20H2,1H3,(H2,29,31,32). The molecule has 0 atom stereocenters. The molecule has 0 bridgehead atoms. The van der Waals surface area contributed by atoms with Crippen molar-refractivity contribution in [1.82, 2.24) is 25.2 Å². The number of benzene rings is 2. The van der Waals surface area contributed by atoms with Crippen molar-refractivity contribution in [1.29, 1.82) is 0 Å². The van der Waals surface area contributed by atoms with E-state index in [1.807, 2.05) is 36.9 Å². The first kappa shape index (κ1) is 22.3. The van der Waals surface area contributed by atoms with Gasteiger partial charge in [0.1, 0.15) is 0 Å². The third kappa shape index (κ3) is 6.53. The van der Waals surface area contributed by atoms with Gasteiger partial charge in [-0.05, 0) is 41.3 Å². The summed E-state index contributed by atoms with van der Waals surface area (Å²) in [6.45, 7) is 5.10. The van der Waals surface area contributed by atoms with Crippen LogP contribution in [0.5, 0.6) is 0 Å². The molecule has 2 aromatic heterocycles. The van der Waals surface area contributed by atoms with Crippen LogP contribution in [-0.4, -0.2) is 33.6 Å². The fourth-order valence-electron chi connectivity index (χ4n) is 3.68. The van der Waals surface area contributed by atoms with E-state index in [2.05, 4.69) is 80.6 Å². The van der Waals surface area contributed by atoms with E-state index >= 15 is 0 Å². The summed E-state index contributed by atoms with van der Waals surface area (Å²) in [5, 5.41) is 6.76. The fourth-order valence-corrected chi connectivity index (χ4v) is 3.68. The Bertz CT molecular complexity index is 1130. The van der Waals surface area contributed by atoms with Gasteiger partial charge in [0.2, 0.25) is 0 Å². The van der Waals surface area contributed by atoms with Crippen LogP contribution in [0.4, 0.5) is 0 Å². The highest BCUT2D eigenvalue weighted by atomic mass is 15.2. The molecule has 2 N–H and O–H groups in total. The van der Waals surface area contributed by atoms with Crippen LogP contribution in [0.25, 0.3) is 11.1 Å². The zero-order valence-corrected chi connectivity index (χ0v) is 19.0. The summed E-state index contributed by atoms with van der Waals surface area (Å²) in [4.78, 5) is 13.3. The molecule has 33 heavy (non-hydrogen) atoms. The Labute approximate surface area is 195 Å². The monoisotopic (exact) mass is 438 g/mol. The van der Waals surface area contributed by atoms with Gasteiger partial charge in [-0.1, -0.05) is 54.6 Å². The summed E-state index contributed by atoms with van der Waals surface area (Å²) in [5.41, 5.74) is 5.92. The van der Waals surface area contributed by atoms with Gasteiger partial charge in [0.15, 0.2) is 5.96 Å². The Morgan fingerprint density at radius 2 is 1.79 bits per heavy atom. The molecule has 0 saturated heterocycles. The molecule has 0 amide bonds. The molecule has 0 radical (unpaired) electrons. The second-order valence-electron chi connectivity index (χ2n) is 7.78. The highest BCUT2D eigenvalue weighted by Crippen LogP contribution is 2.25. The molecule has 0 fully saturated rings. The number of pyridine rings is 1. The van der Waals surface area contributed by atoms with Crippen LogP contribution < -0.4 is 10.6 Å². The van der Waals surface area contributed by atoms with Crippen molar-refractivity contribution < 1.29 is 0 Å². The van der Waals surface area contributed by atoms with Crippen LogP contribution in [-0.2, 0) is 19.5 Å². The summed E-state index contributed by atoms with van der Waals surface area (Å²) < 4.78 is 2.07. The van der Waals surface area contributed by atoms with E-state index in [0.29, 0.717) is 6.54 Å². The fraction of sp³-hybridized carbons (Fsp3) is 0.222. The number of aliphatic imine (C=N–C) groups is 1. The first-order valence-electron chi connectivity index (χ1n) is 11.4. The van der Waals surface area contributed by atoms with Gasteiger partial charge < -0.3 is 15.2 Å². The number of guanidine groups is 1. The summed E-state index contributed by atoms with van der Waals surface area (Å²) in [6.07, 6.45) is 8.31. The number of hydrogen-bond acceptors (Lipinski definition) is 3. The van der Waals surface area contributed by atoms with Gasteiger partial charge >= 0.3 is 0 Å². The Hall–Kier alpha value is -3.93. The van der Waals surface area contributed by atoms with Crippen molar-refractivity contribution in [3.05, 3.63) is 108 Å². The van der Waals surface area contributed by atoms with E-state index in [9.17, 15) is 0 Å². The van der Waals surface area contributed by atoms with Crippen molar-refractivity contribution >= 4 is 5.96 Å². The largest absolute Gasteiger partial charge is 0.357 e. The topological polar surface area (TPSA) is 67.1 Å². The second-order valence-corrected chi connectivity index (χ2v) is 7.78. The first-order chi connectivity index (χ1) is 16.3. The van der Waals surface area contributed by atoms with E-state index in [1.165, 1.54) is 22.3 Å². The molecule has 0 aliphatic heterocycles. The number of nitrogens with zero attached hydrogens (tertiary/aromatic N) is 4. The third-order valence-electron chi connectivity index (χ3n) is 5.36. The van der Waals surface area contributed by atoms with Gasteiger partial charge in [-0.2, -0.15) is 0 Å². The van der Waals surface area contributed by atoms with Gasteiger partial charge in [0.05, 0.1) is 12.9 Å². The number of imidazole rings is 1. The van der Waals surface area contributed by atoms with E-state index in [-0.39, 0.29) is 0 Å². The van der Waals surface area contributed by atoms with Crippen LogP contribution in [0.15, 0.2) is 96.6 Å². The zero-order valence-electron chi connectivity index (χ0n) is 19.0. The minimum atomic E-state index is 0.603. The predicted molar refractivity (Wildman–Crippen MR) is 134 cm³/mol. The minimum Gasteiger partial charge on any atom is -0.357 e. The van der Waals surface area contributed by atoms with Crippen molar-refractivity contribution in [2.75, 3.05) is 13.1 Å². The Kier molecular flexibility index (Phi) is 7.84. The summed E-state index contributed by atoms with van der Waals surface area (Å²) in [7, 11) is 0. The van der Waals surface area contributed by atoms with Gasteiger partial charge in [0.25, 0.3) is 0 Å². The van der Waals surface area contributed by atoms with E-state index in [4.69, 9.17) is 4.99 Å². The molecule has 0 unspecified atom stereocenters. The molecule has 0 spiro atoms. The minimum absolute atomic E-state index is 0.603. The molecule has 4 aromatic rings. The molecule has 6 nitrogen and oxygen atoms in total. The molecule has 0 aliphatic carbocycles. The quantitative estimate of drug-likeness (QED) is 0.302. The smallest absolute Gasteiger partial charge is 0.191 e. The zero-order chi connectivity index (χ0) is 22.7. The maximum Gasteiger partial charge on any atom is 0.191 e. The number of rotatable bonds is 9. The lowest BCUT2D eigenvalue weighted by atomic mass is 9.98. The predicted octanol–water partition coefficient (Wildman–Crippen LogP) is 4.29. The third-order valence-corrected chi connectivity index (χ3v) is 5.36. The average molecular weight is 439 g/mol. The average Bonchev–Trinajstić information content (AvgIpc) is 3.37. The SMILES string of the molecule is CCNC(=NCc1ccccc1-c1ccc(Cn2ccnc2)cc1)NCCc1ccccn1. The second kappa shape index (κ2) is 11.6. The summed E-state index contributed by atoms with van der Waals surface area (Å²) in [6, 6.07) is 23.2. The number of hydrogen-bond donors (Lipinski definition) is 2. The highest BCUT2D eigenvalue weighted by molar-refractivity contribution is 5.80. The maximum absolute atomic E-state index is 4.83.